The molecule has 0 amide bonds. The second-order valence-electron chi connectivity index (χ2n) is 6.42. The minimum atomic E-state index is -3.40. The molecule has 2 N–H and O–H groups in total. The highest BCUT2D eigenvalue weighted by atomic mass is 32.2. The lowest BCUT2D eigenvalue weighted by Gasteiger charge is -2.17. The van der Waals surface area contributed by atoms with E-state index < -0.39 is 15.4 Å². The standard InChI is InChI=1S/C18H18N2O4S/c1-18(2)17(21)15(11-4-7-13(19)8-5-11)16(24-18)12-6-9-14(20-10-12)25(3,22)23/h4-10H,19H2,1-3H3. The van der Waals surface area contributed by atoms with Crippen LogP contribution >= 0.6 is 0 Å². The fraction of sp³-hybridized carbons (Fsp3) is 0.222. The molecule has 1 aromatic heterocycles. The largest absolute Gasteiger partial charge is 0.478 e. The quantitative estimate of drug-likeness (QED) is 0.845. The number of carbonyl (C=O) groups is 1. The Kier molecular flexibility index (Phi) is 3.91. The maximum absolute atomic E-state index is 12.8. The molecule has 0 radical (unpaired) electrons. The summed E-state index contributed by atoms with van der Waals surface area (Å²) in [7, 11) is -3.40. The van der Waals surface area contributed by atoms with Crippen LogP contribution in [0.2, 0.25) is 0 Å². The molecule has 0 aliphatic carbocycles. The van der Waals surface area contributed by atoms with E-state index in [2.05, 4.69) is 4.98 Å². The summed E-state index contributed by atoms with van der Waals surface area (Å²) in [4.78, 5) is 16.8. The summed E-state index contributed by atoms with van der Waals surface area (Å²) in [6.45, 7) is 3.38. The molecular formula is C18H18N2O4S. The first kappa shape index (κ1) is 17.2. The second-order valence-corrected chi connectivity index (χ2v) is 8.39. The third-order valence-electron chi connectivity index (χ3n) is 3.94. The number of ketones is 1. The van der Waals surface area contributed by atoms with Crippen LogP contribution in [0.15, 0.2) is 47.6 Å². The molecule has 0 spiro atoms. The van der Waals surface area contributed by atoms with Crippen molar-refractivity contribution in [2.45, 2.75) is 24.5 Å². The number of rotatable bonds is 3. The monoisotopic (exact) mass is 358 g/mol. The summed E-state index contributed by atoms with van der Waals surface area (Å²) < 4.78 is 29.0. The number of Topliss-reactive ketones (excluding diaryl/α,β-unsaturated/α-hetero) is 1. The average Bonchev–Trinajstić information content (AvgIpc) is 2.78. The van der Waals surface area contributed by atoms with Crippen LogP contribution in [0.3, 0.4) is 0 Å². The van der Waals surface area contributed by atoms with Crippen molar-refractivity contribution in [3.63, 3.8) is 0 Å². The van der Waals surface area contributed by atoms with Crippen molar-refractivity contribution < 1.29 is 17.9 Å². The number of ether oxygens (including phenoxy) is 1. The normalized spacial score (nSPS) is 16.8. The van der Waals surface area contributed by atoms with Crippen LogP contribution in [0.25, 0.3) is 11.3 Å². The maximum Gasteiger partial charge on any atom is 0.210 e. The van der Waals surface area contributed by atoms with Crippen molar-refractivity contribution in [3.05, 3.63) is 53.7 Å². The predicted octanol–water partition coefficient (Wildman–Crippen LogP) is 2.31. The van der Waals surface area contributed by atoms with Gasteiger partial charge in [0.2, 0.25) is 5.78 Å². The average molecular weight is 358 g/mol. The van der Waals surface area contributed by atoms with Crippen molar-refractivity contribution in [3.8, 4) is 0 Å². The Morgan fingerprint density at radius 2 is 1.64 bits per heavy atom. The molecule has 0 fully saturated rings. The Labute approximate surface area is 146 Å². The number of hydrogen-bond acceptors (Lipinski definition) is 6. The molecular weight excluding hydrogens is 340 g/mol. The van der Waals surface area contributed by atoms with Gasteiger partial charge in [0.15, 0.2) is 20.5 Å². The molecule has 130 valence electrons. The predicted molar refractivity (Wildman–Crippen MR) is 95.2 cm³/mol. The van der Waals surface area contributed by atoms with Gasteiger partial charge in [-0.3, -0.25) is 4.79 Å². The van der Waals surface area contributed by atoms with Crippen LogP contribution < -0.4 is 5.73 Å². The molecule has 3 rings (SSSR count). The van der Waals surface area contributed by atoms with Crippen molar-refractivity contribution in [2.75, 3.05) is 12.0 Å². The van der Waals surface area contributed by atoms with E-state index in [4.69, 9.17) is 10.5 Å². The number of nitrogens with zero attached hydrogens (tertiary/aromatic N) is 1. The van der Waals surface area contributed by atoms with Crippen molar-refractivity contribution in [2.24, 2.45) is 0 Å². The third kappa shape index (κ3) is 3.15. The molecule has 0 unspecified atom stereocenters. The van der Waals surface area contributed by atoms with Gasteiger partial charge in [-0.05, 0) is 43.7 Å². The smallest absolute Gasteiger partial charge is 0.210 e. The van der Waals surface area contributed by atoms with Gasteiger partial charge in [0, 0.05) is 23.7 Å². The Morgan fingerprint density at radius 3 is 2.16 bits per heavy atom. The van der Waals surface area contributed by atoms with Gasteiger partial charge in [0.1, 0.15) is 5.76 Å². The highest BCUT2D eigenvalue weighted by molar-refractivity contribution is 7.90. The number of aromatic nitrogens is 1. The molecule has 2 aromatic rings. The van der Waals surface area contributed by atoms with Crippen LogP contribution in [0.4, 0.5) is 5.69 Å². The molecule has 0 atom stereocenters. The van der Waals surface area contributed by atoms with Crippen LogP contribution in [0.5, 0.6) is 0 Å². The molecule has 7 heteroatoms. The van der Waals surface area contributed by atoms with Crippen LogP contribution in [0, 0.1) is 0 Å². The molecule has 6 nitrogen and oxygen atoms in total. The lowest BCUT2D eigenvalue weighted by molar-refractivity contribution is -0.125. The summed E-state index contributed by atoms with van der Waals surface area (Å²) in [5, 5.41) is -0.0329. The second kappa shape index (κ2) is 5.70. The fourth-order valence-corrected chi connectivity index (χ4v) is 3.17. The first-order chi connectivity index (χ1) is 11.6. The molecule has 0 saturated heterocycles. The van der Waals surface area contributed by atoms with Crippen LogP contribution in [0.1, 0.15) is 25.0 Å². The molecule has 1 aliphatic heterocycles. The Bertz CT molecular complexity index is 973. The number of nitrogens with two attached hydrogens (primary N) is 1. The number of benzene rings is 1. The topological polar surface area (TPSA) is 99.3 Å². The molecule has 0 saturated carbocycles. The summed E-state index contributed by atoms with van der Waals surface area (Å²) in [6.07, 6.45) is 2.49. The zero-order valence-electron chi connectivity index (χ0n) is 14.1. The first-order valence-electron chi connectivity index (χ1n) is 7.60. The van der Waals surface area contributed by atoms with Gasteiger partial charge in [-0.1, -0.05) is 12.1 Å². The van der Waals surface area contributed by atoms with E-state index >= 15 is 0 Å². The number of nitrogen functional groups attached to an aromatic ring is 1. The maximum atomic E-state index is 12.8. The van der Waals surface area contributed by atoms with E-state index in [1.807, 2.05) is 0 Å². The lowest BCUT2D eigenvalue weighted by Crippen LogP contribution is -2.29. The minimum Gasteiger partial charge on any atom is -0.478 e. The Hall–Kier alpha value is -2.67. The molecule has 25 heavy (non-hydrogen) atoms. The van der Waals surface area contributed by atoms with E-state index in [0.29, 0.717) is 28.1 Å². The Balaban J connectivity index is 2.15. The van der Waals surface area contributed by atoms with E-state index in [0.717, 1.165) is 6.26 Å². The number of anilines is 1. The summed E-state index contributed by atoms with van der Waals surface area (Å²) in [6, 6.07) is 9.92. The SMILES string of the molecule is CC1(C)OC(c2ccc(S(C)(=O)=O)nc2)=C(c2ccc(N)cc2)C1=O. The van der Waals surface area contributed by atoms with Gasteiger partial charge in [0.05, 0.1) is 5.57 Å². The molecule has 0 bridgehead atoms. The molecule has 1 aromatic carbocycles. The summed E-state index contributed by atoms with van der Waals surface area (Å²) >= 11 is 0. The van der Waals surface area contributed by atoms with Gasteiger partial charge in [-0.2, -0.15) is 0 Å². The van der Waals surface area contributed by atoms with Crippen molar-refractivity contribution >= 4 is 32.6 Å². The van der Waals surface area contributed by atoms with Crippen LogP contribution in [-0.2, 0) is 19.4 Å². The van der Waals surface area contributed by atoms with Gasteiger partial charge < -0.3 is 10.5 Å². The zero-order chi connectivity index (χ0) is 18.4. The van der Waals surface area contributed by atoms with Crippen molar-refractivity contribution in [1.29, 1.82) is 0 Å². The molecule has 2 heterocycles. The number of pyridine rings is 1. The first-order valence-corrected chi connectivity index (χ1v) is 9.49. The highest BCUT2D eigenvalue weighted by Gasteiger charge is 2.42. The van der Waals surface area contributed by atoms with Gasteiger partial charge in [-0.25, -0.2) is 13.4 Å². The minimum absolute atomic E-state index is 0.0329. The van der Waals surface area contributed by atoms with Gasteiger partial charge in [0.25, 0.3) is 0 Å². The summed E-state index contributed by atoms with van der Waals surface area (Å²) in [5.41, 5.74) is 6.95. The Morgan fingerprint density at radius 1 is 1.04 bits per heavy atom. The van der Waals surface area contributed by atoms with Gasteiger partial charge >= 0.3 is 0 Å². The highest BCUT2D eigenvalue weighted by Crippen LogP contribution is 2.41. The summed E-state index contributed by atoms with van der Waals surface area (Å²) in [5.74, 6) is 0.229. The number of carbonyl (C=O) groups excluding carboxylic acids is 1. The van der Waals surface area contributed by atoms with E-state index in [1.54, 1.807) is 44.2 Å². The number of sulfone groups is 1. The molecule has 1 aliphatic rings. The number of hydrogen-bond donors (Lipinski definition) is 1. The fourth-order valence-electron chi connectivity index (χ4n) is 2.61. The third-order valence-corrected chi connectivity index (χ3v) is 4.94. The van der Waals surface area contributed by atoms with E-state index in [9.17, 15) is 13.2 Å². The zero-order valence-corrected chi connectivity index (χ0v) is 14.9. The van der Waals surface area contributed by atoms with E-state index in [-0.39, 0.29) is 10.8 Å². The van der Waals surface area contributed by atoms with Gasteiger partial charge in [-0.15, -0.1) is 0 Å². The lowest BCUT2D eigenvalue weighted by atomic mass is 9.93. The van der Waals surface area contributed by atoms with Crippen molar-refractivity contribution in [1.82, 2.24) is 4.98 Å². The van der Waals surface area contributed by atoms with E-state index in [1.165, 1.54) is 12.3 Å². The van der Waals surface area contributed by atoms with Crippen LogP contribution in [-0.4, -0.2) is 31.0 Å².